The monoisotopic (exact) mass is 207 g/mol. The van der Waals surface area contributed by atoms with Crippen LogP contribution < -0.4 is 0 Å². The number of benzene rings is 1. The van der Waals surface area contributed by atoms with Crippen LogP contribution in [-0.4, -0.2) is 9.55 Å². The maximum atomic E-state index is 8.89. The number of aromatic nitrogens is 2. The van der Waals surface area contributed by atoms with E-state index in [1.54, 1.807) is 6.20 Å². The highest BCUT2D eigenvalue weighted by atomic mass is 14.9. The van der Waals surface area contributed by atoms with Gasteiger partial charge in [0.2, 0.25) is 0 Å². The molecular formula is C13H9N3. The van der Waals surface area contributed by atoms with Gasteiger partial charge in [0.25, 0.3) is 0 Å². The van der Waals surface area contributed by atoms with Crippen molar-refractivity contribution in [3.63, 3.8) is 0 Å². The summed E-state index contributed by atoms with van der Waals surface area (Å²) in [7, 11) is 2.01. The molecule has 0 amide bonds. The van der Waals surface area contributed by atoms with Gasteiger partial charge in [0.15, 0.2) is 0 Å². The van der Waals surface area contributed by atoms with Gasteiger partial charge in [-0.25, -0.2) is 0 Å². The molecule has 0 spiro atoms. The van der Waals surface area contributed by atoms with E-state index in [4.69, 9.17) is 5.26 Å². The van der Waals surface area contributed by atoms with E-state index >= 15 is 0 Å². The van der Waals surface area contributed by atoms with Crippen LogP contribution >= 0.6 is 0 Å². The van der Waals surface area contributed by atoms with E-state index in [0.29, 0.717) is 5.56 Å². The predicted molar refractivity (Wildman–Crippen MR) is 62.9 cm³/mol. The van der Waals surface area contributed by atoms with Crippen molar-refractivity contribution in [1.29, 1.82) is 5.26 Å². The molecule has 0 unspecified atom stereocenters. The molecule has 1 aromatic carbocycles. The fourth-order valence-electron chi connectivity index (χ4n) is 2.12. The molecule has 0 fully saturated rings. The Hall–Kier alpha value is -2.34. The van der Waals surface area contributed by atoms with Crippen LogP contribution in [0.3, 0.4) is 0 Å². The Morgan fingerprint density at radius 2 is 2.06 bits per heavy atom. The summed E-state index contributed by atoms with van der Waals surface area (Å²) in [5.41, 5.74) is 2.90. The third-order valence-corrected chi connectivity index (χ3v) is 2.94. The molecule has 0 N–H and O–H groups in total. The van der Waals surface area contributed by atoms with Crippen molar-refractivity contribution in [2.45, 2.75) is 0 Å². The molecular weight excluding hydrogens is 198 g/mol. The zero-order valence-corrected chi connectivity index (χ0v) is 8.81. The third-order valence-electron chi connectivity index (χ3n) is 2.94. The lowest BCUT2D eigenvalue weighted by atomic mass is 10.1. The molecule has 0 aliphatic rings. The predicted octanol–water partition coefficient (Wildman–Crippen LogP) is 2.60. The Labute approximate surface area is 92.6 Å². The molecule has 0 bridgehead atoms. The lowest BCUT2D eigenvalue weighted by Gasteiger charge is -1.96. The van der Waals surface area contributed by atoms with Crippen LogP contribution in [-0.2, 0) is 7.05 Å². The number of aryl methyl sites for hydroxylation is 1. The molecule has 3 heteroatoms. The summed E-state index contributed by atoms with van der Waals surface area (Å²) in [6, 6.07) is 9.89. The fraction of sp³-hybridized carbons (Fsp3) is 0.0769. The first-order chi connectivity index (χ1) is 7.81. The van der Waals surface area contributed by atoms with Crippen molar-refractivity contribution < 1.29 is 0 Å². The van der Waals surface area contributed by atoms with E-state index < -0.39 is 0 Å². The van der Waals surface area contributed by atoms with Crippen LogP contribution in [0.25, 0.3) is 21.8 Å². The first kappa shape index (κ1) is 8.93. The molecule has 0 radical (unpaired) electrons. The van der Waals surface area contributed by atoms with E-state index in [-0.39, 0.29) is 0 Å². The van der Waals surface area contributed by atoms with Gasteiger partial charge in [0.1, 0.15) is 0 Å². The highest BCUT2D eigenvalue weighted by Crippen LogP contribution is 2.27. The Morgan fingerprint density at radius 3 is 2.88 bits per heavy atom. The zero-order valence-electron chi connectivity index (χ0n) is 8.81. The van der Waals surface area contributed by atoms with Gasteiger partial charge in [-0.3, -0.25) is 4.98 Å². The standard InChI is InChI=1S/C13H9N3/c1-16-12-4-5-15-8-11(12)10-3-2-9(7-14)6-13(10)16/h2-6,8H,1H3. The van der Waals surface area contributed by atoms with E-state index in [9.17, 15) is 0 Å². The van der Waals surface area contributed by atoms with Crippen molar-refractivity contribution in [3.8, 4) is 6.07 Å². The summed E-state index contributed by atoms with van der Waals surface area (Å²) in [5, 5.41) is 11.2. The van der Waals surface area contributed by atoms with Crippen molar-refractivity contribution in [2.24, 2.45) is 7.05 Å². The summed E-state index contributed by atoms with van der Waals surface area (Å²) in [6.07, 6.45) is 3.65. The average Bonchev–Trinajstić information content (AvgIpc) is 2.64. The second-order valence-electron chi connectivity index (χ2n) is 3.80. The average molecular weight is 207 g/mol. The lowest BCUT2D eigenvalue weighted by Crippen LogP contribution is -1.86. The maximum Gasteiger partial charge on any atom is 0.0992 e. The van der Waals surface area contributed by atoms with E-state index in [2.05, 4.69) is 15.6 Å². The number of nitrogens with zero attached hydrogens (tertiary/aromatic N) is 3. The van der Waals surface area contributed by atoms with Crippen LogP contribution in [0, 0.1) is 11.3 Å². The number of hydrogen-bond donors (Lipinski definition) is 0. The number of rotatable bonds is 0. The minimum Gasteiger partial charge on any atom is -0.343 e. The van der Waals surface area contributed by atoms with Gasteiger partial charge in [-0.1, -0.05) is 6.07 Å². The SMILES string of the molecule is Cn1c2ccncc2c2ccc(C#N)cc21. The second kappa shape index (κ2) is 3.07. The first-order valence-electron chi connectivity index (χ1n) is 5.03. The Morgan fingerprint density at radius 1 is 1.19 bits per heavy atom. The van der Waals surface area contributed by atoms with Crippen LogP contribution in [0.4, 0.5) is 0 Å². The molecule has 0 atom stereocenters. The van der Waals surface area contributed by atoms with Crippen LogP contribution in [0.5, 0.6) is 0 Å². The summed E-state index contributed by atoms with van der Waals surface area (Å²) in [5.74, 6) is 0. The van der Waals surface area contributed by atoms with E-state index in [1.807, 2.05) is 37.5 Å². The molecule has 0 aliphatic carbocycles. The highest BCUT2D eigenvalue weighted by molar-refractivity contribution is 6.07. The first-order valence-corrected chi connectivity index (χ1v) is 5.03. The number of hydrogen-bond acceptors (Lipinski definition) is 2. The molecule has 3 rings (SSSR count). The van der Waals surface area contributed by atoms with Gasteiger partial charge in [-0.2, -0.15) is 5.26 Å². The van der Waals surface area contributed by atoms with Crippen molar-refractivity contribution in [2.75, 3.05) is 0 Å². The third kappa shape index (κ3) is 1.04. The number of fused-ring (bicyclic) bond motifs is 3. The number of pyridine rings is 1. The fourth-order valence-corrected chi connectivity index (χ4v) is 2.12. The largest absolute Gasteiger partial charge is 0.343 e. The Bertz CT molecular complexity index is 732. The molecule has 2 heterocycles. The molecule has 2 aromatic heterocycles. The zero-order chi connectivity index (χ0) is 11.1. The van der Waals surface area contributed by atoms with Gasteiger partial charge >= 0.3 is 0 Å². The molecule has 3 nitrogen and oxygen atoms in total. The van der Waals surface area contributed by atoms with Gasteiger partial charge in [-0.05, 0) is 18.2 Å². The summed E-state index contributed by atoms with van der Waals surface area (Å²) in [6.45, 7) is 0. The van der Waals surface area contributed by atoms with Crippen molar-refractivity contribution >= 4 is 21.8 Å². The minimum atomic E-state index is 0.686. The quantitative estimate of drug-likeness (QED) is 0.568. The number of nitriles is 1. The molecule has 76 valence electrons. The summed E-state index contributed by atoms with van der Waals surface area (Å²) in [4.78, 5) is 4.14. The maximum absolute atomic E-state index is 8.89. The molecule has 0 saturated heterocycles. The van der Waals surface area contributed by atoms with Gasteiger partial charge < -0.3 is 4.57 Å². The van der Waals surface area contributed by atoms with Gasteiger partial charge in [0.05, 0.1) is 22.7 Å². The van der Waals surface area contributed by atoms with Crippen LogP contribution in [0.1, 0.15) is 5.56 Å². The van der Waals surface area contributed by atoms with Crippen molar-refractivity contribution in [1.82, 2.24) is 9.55 Å². The molecule has 3 aromatic rings. The van der Waals surface area contributed by atoms with Crippen LogP contribution in [0.15, 0.2) is 36.7 Å². The lowest BCUT2D eigenvalue weighted by molar-refractivity contribution is 1.01. The minimum absolute atomic E-state index is 0.686. The van der Waals surface area contributed by atoms with Crippen LogP contribution in [0.2, 0.25) is 0 Å². The summed E-state index contributed by atoms with van der Waals surface area (Å²) >= 11 is 0. The second-order valence-corrected chi connectivity index (χ2v) is 3.80. The topological polar surface area (TPSA) is 41.6 Å². The Balaban J connectivity index is 2.57. The molecule has 0 aliphatic heterocycles. The van der Waals surface area contributed by atoms with E-state index in [1.165, 1.54) is 0 Å². The normalized spacial score (nSPS) is 10.8. The summed E-state index contributed by atoms with van der Waals surface area (Å²) < 4.78 is 2.09. The van der Waals surface area contributed by atoms with Crippen molar-refractivity contribution in [3.05, 3.63) is 42.2 Å². The molecule has 16 heavy (non-hydrogen) atoms. The van der Waals surface area contributed by atoms with Gasteiger partial charge in [-0.15, -0.1) is 0 Å². The smallest absolute Gasteiger partial charge is 0.0992 e. The molecule has 0 saturated carbocycles. The van der Waals surface area contributed by atoms with Gasteiger partial charge in [0, 0.05) is 30.2 Å². The highest BCUT2D eigenvalue weighted by Gasteiger charge is 2.07. The van der Waals surface area contributed by atoms with E-state index in [0.717, 1.165) is 21.8 Å². The Kier molecular flexibility index (Phi) is 1.72.